The van der Waals surface area contributed by atoms with Gasteiger partial charge in [0.25, 0.3) is 0 Å². The Hall–Kier alpha value is -3.43. The van der Waals surface area contributed by atoms with E-state index in [0.717, 1.165) is 29.8 Å². The van der Waals surface area contributed by atoms with Crippen molar-refractivity contribution in [3.05, 3.63) is 46.9 Å². The lowest BCUT2D eigenvalue weighted by atomic mass is 9.93. The highest BCUT2D eigenvalue weighted by Gasteiger charge is 2.44. The van der Waals surface area contributed by atoms with Crippen LogP contribution < -0.4 is 15.8 Å². The number of benzene rings is 1. The Kier molecular flexibility index (Phi) is 5.53. The van der Waals surface area contributed by atoms with E-state index >= 15 is 0 Å². The summed E-state index contributed by atoms with van der Waals surface area (Å²) in [6.45, 7) is 4.60. The number of carbonyl (C=O) groups excluding carboxylic acids is 2. The number of amides is 2. The second-order valence-corrected chi connectivity index (χ2v) is 9.51. The normalized spacial score (nSPS) is 24.7. The van der Waals surface area contributed by atoms with Crippen LogP contribution in [0.1, 0.15) is 59.3 Å². The van der Waals surface area contributed by atoms with Crippen molar-refractivity contribution in [3.8, 4) is 5.88 Å². The molecule has 1 aliphatic carbocycles. The lowest BCUT2D eigenvalue weighted by molar-refractivity contribution is 0.00196. The molecule has 34 heavy (non-hydrogen) atoms. The van der Waals surface area contributed by atoms with Gasteiger partial charge in [0.2, 0.25) is 11.8 Å². The maximum atomic E-state index is 15.0. The van der Waals surface area contributed by atoms with E-state index in [4.69, 9.17) is 15.2 Å². The third-order valence-corrected chi connectivity index (χ3v) is 6.91. The van der Waals surface area contributed by atoms with Gasteiger partial charge in [0, 0.05) is 42.2 Å². The van der Waals surface area contributed by atoms with Crippen LogP contribution in [0.15, 0.2) is 24.5 Å². The summed E-state index contributed by atoms with van der Waals surface area (Å²) >= 11 is 0. The van der Waals surface area contributed by atoms with Crippen LogP contribution in [-0.2, 0) is 4.74 Å². The van der Waals surface area contributed by atoms with Crippen molar-refractivity contribution in [2.45, 2.75) is 56.9 Å². The zero-order valence-electron chi connectivity index (χ0n) is 19.2. The molecule has 0 radical (unpaired) electrons. The van der Waals surface area contributed by atoms with Crippen LogP contribution in [0.4, 0.5) is 14.9 Å². The number of nitrogens with one attached hydrogen (secondary N) is 1. The van der Waals surface area contributed by atoms with Crippen molar-refractivity contribution in [3.63, 3.8) is 0 Å². The van der Waals surface area contributed by atoms with Crippen LogP contribution in [-0.4, -0.2) is 64.4 Å². The van der Waals surface area contributed by atoms with Crippen molar-refractivity contribution in [1.29, 1.82) is 0 Å². The van der Waals surface area contributed by atoms with E-state index in [0.29, 0.717) is 36.5 Å². The van der Waals surface area contributed by atoms with E-state index in [-0.39, 0.29) is 12.5 Å². The first-order chi connectivity index (χ1) is 16.2. The Morgan fingerprint density at radius 3 is 2.79 bits per heavy atom. The average Bonchev–Trinajstić information content (AvgIpc) is 3.38. The fourth-order valence-corrected chi connectivity index (χ4v) is 4.53. The van der Waals surface area contributed by atoms with Crippen LogP contribution in [0.3, 0.4) is 0 Å². The van der Waals surface area contributed by atoms with Gasteiger partial charge in [-0.1, -0.05) is 0 Å². The first-order valence-corrected chi connectivity index (χ1v) is 11.5. The Morgan fingerprint density at radius 2 is 2.09 bits per heavy atom. The maximum absolute atomic E-state index is 15.0. The molecule has 9 nitrogen and oxygen atoms in total. The van der Waals surface area contributed by atoms with E-state index in [1.807, 2.05) is 19.9 Å². The summed E-state index contributed by atoms with van der Waals surface area (Å²) in [7, 11) is 0. The molecule has 0 spiro atoms. The quantitative estimate of drug-likeness (QED) is 0.691. The fraction of sp³-hybridized carbons (Fsp3) is 0.500. The average molecular weight is 470 g/mol. The van der Waals surface area contributed by atoms with Crippen molar-refractivity contribution in [1.82, 2.24) is 14.9 Å². The number of carbonyl (C=O) groups is 2. The summed E-state index contributed by atoms with van der Waals surface area (Å²) < 4.78 is 26.4. The second-order valence-electron chi connectivity index (χ2n) is 9.51. The number of likely N-dealkylation sites (tertiary alicyclic amines) is 1. The molecular formula is C24H28FN5O4. The molecule has 3 atom stereocenters. The molecular weight excluding hydrogens is 441 g/mol. The molecule has 2 amide bonds. The standard InChI is InChI=1S/C24H28FN5O4/c1-13-20(16-10-27-18-4-3-14(21(26)31)9-15(16)18)28-12-29-22(13)33-19-5-8-30(11-17(19)25)23(32)34-24(2)6-7-24/h3-4,9,12,16-17,19,27H,5-8,10-11H2,1-2H3,(H2,26,31). The molecule has 1 saturated heterocycles. The van der Waals surface area contributed by atoms with Gasteiger partial charge in [-0.3, -0.25) is 4.79 Å². The van der Waals surface area contributed by atoms with Crippen molar-refractivity contribution in [2.75, 3.05) is 25.0 Å². The molecule has 2 fully saturated rings. The summed E-state index contributed by atoms with van der Waals surface area (Å²) in [4.78, 5) is 34.1. The molecule has 0 bridgehead atoms. The molecule has 2 aliphatic heterocycles. The van der Waals surface area contributed by atoms with Crippen molar-refractivity contribution in [2.24, 2.45) is 5.73 Å². The second kappa shape index (κ2) is 8.41. The number of ether oxygens (including phenoxy) is 2. The van der Waals surface area contributed by atoms with Gasteiger partial charge in [-0.25, -0.2) is 19.2 Å². The van der Waals surface area contributed by atoms with Gasteiger partial charge in [-0.15, -0.1) is 0 Å². The predicted molar refractivity (Wildman–Crippen MR) is 122 cm³/mol. The topological polar surface area (TPSA) is 120 Å². The monoisotopic (exact) mass is 469 g/mol. The van der Waals surface area contributed by atoms with Crippen molar-refractivity contribution < 1.29 is 23.5 Å². The SMILES string of the molecule is Cc1c(OC2CCN(C(=O)OC3(C)CC3)CC2F)ncnc1C1CNc2ccc(C(N)=O)cc21. The highest BCUT2D eigenvalue weighted by Crippen LogP contribution is 2.40. The Labute approximate surface area is 196 Å². The van der Waals surface area contributed by atoms with E-state index in [1.54, 1.807) is 12.1 Å². The minimum atomic E-state index is -1.36. The lowest BCUT2D eigenvalue weighted by Gasteiger charge is -2.34. The molecule has 3 heterocycles. The van der Waals surface area contributed by atoms with E-state index in [2.05, 4.69) is 15.3 Å². The number of fused-ring (bicyclic) bond motifs is 1. The minimum Gasteiger partial charge on any atom is -0.471 e. The largest absolute Gasteiger partial charge is 0.471 e. The van der Waals surface area contributed by atoms with Gasteiger partial charge in [0.15, 0.2) is 6.17 Å². The van der Waals surface area contributed by atoms with Crippen LogP contribution in [0.5, 0.6) is 5.88 Å². The van der Waals surface area contributed by atoms with Gasteiger partial charge >= 0.3 is 6.09 Å². The Bertz CT molecular complexity index is 1140. The summed E-state index contributed by atoms with van der Waals surface area (Å²) in [6.07, 6.45) is 0.875. The van der Waals surface area contributed by atoms with Crippen LogP contribution in [0.25, 0.3) is 0 Å². The Balaban J connectivity index is 1.30. The molecule has 3 aliphatic rings. The molecule has 3 unspecified atom stereocenters. The van der Waals surface area contributed by atoms with E-state index in [9.17, 15) is 14.0 Å². The summed E-state index contributed by atoms with van der Waals surface area (Å²) in [6, 6.07) is 5.30. The predicted octanol–water partition coefficient (Wildman–Crippen LogP) is 2.92. The van der Waals surface area contributed by atoms with Crippen LogP contribution in [0, 0.1) is 6.92 Å². The third-order valence-electron chi connectivity index (χ3n) is 6.91. The van der Waals surface area contributed by atoms with Gasteiger partial charge in [-0.05, 0) is 50.5 Å². The number of nitrogens with zero attached hydrogens (tertiary/aromatic N) is 3. The number of aromatic nitrogens is 2. The summed E-state index contributed by atoms with van der Waals surface area (Å²) in [5.41, 5.74) is 8.78. The third kappa shape index (κ3) is 4.24. The van der Waals surface area contributed by atoms with E-state index in [1.165, 1.54) is 11.2 Å². The zero-order valence-corrected chi connectivity index (χ0v) is 19.2. The number of primary amides is 1. The molecule has 10 heteroatoms. The number of anilines is 1. The summed E-state index contributed by atoms with van der Waals surface area (Å²) in [5.74, 6) is -0.299. The first kappa shape index (κ1) is 22.4. The number of hydrogen-bond donors (Lipinski definition) is 2. The molecule has 2 aromatic rings. The zero-order chi connectivity index (χ0) is 24.0. The number of rotatable bonds is 5. The van der Waals surface area contributed by atoms with Gasteiger partial charge in [0.1, 0.15) is 18.0 Å². The van der Waals surface area contributed by atoms with Gasteiger partial charge in [0.05, 0.1) is 12.2 Å². The molecule has 180 valence electrons. The lowest BCUT2D eigenvalue weighted by Crippen LogP contribution is -2.50. The van der Waals surface area contributed by atoms with E-state index < -0.39 is 29.9 Å². The minimum absolute atomic E-state index is 0.0770. The van der Waals surface area contributed by atoms with Gasteiger partial charge < -0.3 is 25.4 Å². The molecule has 5 rings (SSSR count). The highest BCUT2D eigenvalue weighted by molar-refractivity contribution is 5.93. The number of nitrogens with two attached hydrogens (primary N) is 1. The summed E-state index contributed by atoms with van der Waals surface area (Å²) in [5, 5.41) is 3.32. The van der Waals surface area contributed by atoms with Crippen LogP contribution >= 0.6 is 0 Å². The molecule has 1 aromatic carbocycles. The Morgan fingerprint density at radius 1 is 1.29 bits per heavy atom. The molecule has 3 N–H and O–H groups in total. The molecule has 1 aromatic heterocycles. The maximum Gasteiger partial charge on any atom is 0.410 e. The number of hydrogen-bond acceptors (Lipinski definition) is 7. The van der Waals surface area contributed by atoms with Crippen LogP contribution in [0.2, 0.25) is 0 Å². The number of halogens is 1. The highest BCUT2D eigenvalue weighted by atomic mass is 19.1. The number of alkyl halides is 1. The first-order valence-electron chi connectivity index (χ1n) is 11.5. The fourth-order valence-electron chi connectivity index (χ4n) is 4.53. The van der Waals surface area contributed by atoms with Crippen molar-refractivity contribution >= 4 is 17.7 Å². The number of piperidine rings is 1. The smallest absolute Gasteiger partial charge is 0.410 e. The molecule has 1 saturated carbocycles. The van der Waals surface area contributed by atoms with Gasteiger partial charge in [-0.2, -0.15) is 0 Å².